The summed E-state index contributed by atoms with van der Waals surface area (Å²) < 4.78 is 5.88. The van der Waals surface area contributed by atoms with Gasteiger partial charge in [-0.25, -0.2) is 0 Å². The zero-order valence-corrected chi connectivity index (χ0v) is 23.3. The highest BCUT2D eigenvalue weighted by molar-refractivity contribution is 6.46. The maximum absolute atomic E-state index is 13.4. The highest BCUT2D eigenvalue weighted by Gasteiger charge is 2.46. The number of nitrogens with zero attached hydrogens (tertiary/aromatic N) is 3. The average molecular weight is 528 g/mol. The molecule has 2 heterocycles. The molecule has 0 bridgehead atoms. The number of rotatable bonds is 10. The number of likely N-dealkylation sites (tertiary alicyclic amines) is 1. The second-order valence-electron chi connectivity index (χ2n) is 10.2. The van der Waals surface area contributed by atoms with Gasteiger partial charge in [0.15, 0.2) is 0 Å². The molecule has 204 valence electrons. The van der Waals surface area contributed by atoms with Crippen LogP contribution in [0, 0.1) is 12.8 Å². The molecule has 7 heteroatoms. The first-order valence-electron chi connectivity index (χ1n) is 13.5. The van der Waals surface area contributed by atoms with Gasteiger partial charge >= 0.3 is 0 Å². The summed E-state index contributed by atoms with van der Waals surface area (Å²) in [6.45, 7) is 12.8. The number of aryl methyl sites for hydroxylation is 1. The lowest BCUT2D eigenvalue weighted by Gasteiger charge is -2.26. The Morgan fingerprint density at radius 3 is 2.38 bits per heavy atom. The van der Waals surface area contributed by atoms with Crippen LogP contribution in [0.2, 0.25) is 0 Å². The van der Waals surface area contributed by atoms with E-state index in [9.17, 15) is 14.7 Å². The van der Waals surface area contributed by atoms with Crippen LogP contribution in [0.1, 0.15) is 56.0 Å². The molecular formula is C32H37N3O4. The Labute approximate surface area is 230 Å². The average Bonchev–Trinajstić information content (AvgIpc) is 3.18. The number of carbonyl (C=O) groups excluding carboxylic acids is 2. The van der Waals surface area contributed by atoms with Crippen molar-refractivity contribution in [3.05, 3.63) is 94.8 Å². The highest BCUT2D eigenvalue weighted by atomic mass is 16.5. The molecule has 3 aromatic rings. The third kappa shape index (κ3) is 5.98. The van der Waals surface area contributed by atoms with E-state index < -0.39 is 17.7 Å². The lowest BCUT2D eigenvalue weighted by Crippen LogP contribution is -2.29. The molecule has 1 unspecified atom stereocenters. The third-order valence-electron chi connectivity index (χ3n) is 6.97. The van der Waals surface area contributed by atoms with Crippen LogP contribution in [0.4, 0.5) is 5.69 Å². The van der Waals surface area contributed by atoms with E-state index in [2.05, 4.69) is 37.6 Å². The molecule has 0 radical (unpaired) electrons. The molecule has 1 aliphatic heterocycles. The maximum atomic E-state index is 13.4. The lowest BCUT2D eigenvalue weighted by molar-refractivity contribution is -0.140. The minimum Gasteiger partial charge on any atom is -0.507 e. The van der Waals surface area contributed by atoms with Gasteiger partial charge in [-0.2, -0.15) is 0 Å². The number of hydrogen-bond acceptors (Lipinski definition) is 6. The molecule has 0 aliphatic carbocycles. The summed E-state index contributed by atoms with van der Waals surface area (Å²) in [6, 6.07) is 16.1. The fourth-order valence-corrected chi connectivity index (χ4v) is 4.90. The Bertz CT molecular complexity index is 1350. The van der Waals surface area contributed by atoms with Crippen molar-refractivity contribution in [3.63, 3.8) is 0 Å². The van der Waals surface area contributed by atoms with Crippen molar-refractivity contribution >= 4 is 23.1 Å². The Balaban J connectivity index is 1.79. The summed E-state index contributed by atoms with van der Waals surface area (Å²) in [5.41, 5.74) is 3.99. The largest absolute Gasteiger partial charge is 0.507 e. The first-order chi connectivity index (χ1) is 18.7. The van der Waals surface area contributed by atoms with Gasteiger partial charge in [0.25, 0.3) is 11.7 Å². The number of amides is 1. The summed E-state index contributed by atoms with van der Waals surface area (Å²) in [5.74, 6) is -0.445. The third-order valence-corrected chi connectivity index (χ3v) is 6.97. The first-order valence-corrected chi connectivity index (χ1v) is 13.5. The highest BCUT2D eigenvalue weighted by Crippen LogP contribution is 2.41. The van der Waals surface area contributed by atoms with Gasteiger partial charge in [0.05, 0.1) is 18.2 Å². The number of ether oxygens (including phenoxy) is 1. The lowest BCUT2D eigenvalue weighted by atomic mass is 9.94. The molecule has 7 nitrogen and oxygen atoms in total. The predicted molar refractivity (Wildman–Crippen MR) is 154 cm³/mol. The van der Waals surface area contributed by atoms with Crippen LogP contribution in [0.5, 0.6) is 5.75 Å². The number of carbonyl (C=O) groups is 2. The summed E-state index contributed by atoms with van der Waals surface area (Å²) >= 11 is 0. The Hall–Kier alpha value is -4.13. The molecule has 2 aromatic carbocycles. The smallest absolute Gasteiger partial charge is 0.295 e. The summed E-state index contributed by atoms with van der Waals surface area (Å²) in [7, 11) is 0. The molecule has 1 aliphatic rings. The molecule has 0 spiro atoms. The summed E-state index contributed by atoms with van der Waals surface area (Å²) in [6.07, 6.45) is 3.34. The minimum absolute atomic E-state index is 0.0785. The van der Waals surface area contributed by atoms with Crippen molar-refractivity contribution in [3.8, 4) is 5.75 Å². The maximum Gasteiger partial charge on any atom is 0.295 e. The van der Waals surface area contributed by atoms with Crippen molar-refractivity contribution < 1.29 is 19.4 Å². The molecule has 1 aromatic heterocycles. The molecular weight excluding hydrogens is 490 g/mol. The van der Waals surface area contributed by atoms with Crippen molar-refractivity contribution in [2.75, 3.05) is 24.6 Å². The van der Waals surface area contributed by atoms with Gasteiger partial charge in [0.1, 0.15) is 11.5 Å². The van der Waals surface area contributed by atoms with Crippen molar-refractivity contribution in [2.45, 2.75) is 47.2 Å². The van der Waals surface area contributed by atoms with Crippen LogP contribution in [-0.4, -0.2) is 46.4 Å². The van der Waals surface area contributed by atoms with Gasteiger partial charge in [-0.3, -0.25) is 14.6 Å². The van der Waals surface area contributed by atoms with E-state index in [1.165, 1.54) is 4.90 Å². The monoisotopic (exact) mass is 527 g/mol. The van der Waals surface area contributed by atoms with Crippen LogP contribution in [0.3, 0.4) is 0 Å². The number of hydrogen-bond donors (Lipinski definition) is 1. The van der Waals surface area contributed by atoms with Crippen molar-refractivity contribution in [2.24, 2.45) is 5.92 Å². The molecule has 1 atom stereocenters. The number of Topliss-reactive ketones (excluding diaryl/α,β-unsaturated/α-hetero) is 1. The van der Waals surface area contributed by atoms with Crippen LogP contribution in [0.15, 0.2) is 72.6 Å². The van der Waals surface area contributed by atoms with E-state index in [4.69, 9.17) is 4.74 Å². The molecule has 1 N–H and O–H groups in total. The van der Waals surface area contributed by atoms with E-state index in [0.717, 1.165) is 41.2 Å². The van der Waals surface area contributed by atoms with Crippen molar-refractivity contribution in [1.29, 1.82) is 0 Å². The second-order valence-corrected chi connectivity index (χ2v) is 10.2. The number of aliphatic hydroxyl groups is 1. The molecule has 0 saturated carbocycles. The topological polar surface area (TPSA) is 83.0 Å². The number of ketones is 1. The predicted octanol–water partition coefficient (Wildman–Crippen LogP) is 5.89. The van der Waals surface area contributed by atoms with Gasteiger partial charge in [0.2, 0.25) is 0 Å². The summed E-state index contributed by atoms with van der Waals surface area (Å²) in [5, 5.41) is 11.5. The molecule has 1 fully saturated rings. The molecule has 4 rings (SSSR count). The quantitative estimate of drug-likeness (QED) is 0.201. The van der Waals surface area contributed by atoms with Crippen LogP contribution < -0.4 is 9.64 Å². The SMILES string of the molecule is CCN(CC)c1ccc(C2/C(=C(/O)c3ccc(OCC(C)C)c(C)c3)C(=O)C(=O)N2Cc2cccnc2)cc1. The summed E-state index contributed by atoms with van der Waals surface area (Å²) in [4.78, 5) is 34.7. The van der Waals surface area contributed by atoms with Crippen LogP contribution in [0.25, 0.3) is 5.76 Å². The minimum atomic E-state index is -0.742. The Kier molecular flexibility index (Phi) is 8.69. The molecule has 1 amide bonds. The Morgan fingerprint density at radius 1 is 1.08 bits per heavy atom. The van der Waals surface area contributed by atoms with Crippen LogP contribution >= 0.6 is 0 Å². The zero-order valence-electron chi connectivity index (χ0n) is 23.3. The van der Waals surface area contributed by atoms with Gasteiger partial charge in [-0.1, -0.05) is 32.0 Å². The fraction of sp³-hybridized carbons (Fsp3) is 0.344. The van der Waals surface area contributed by atoms with Gasteiger partial charge in [-0.15, -0.1) is 0 Å². The normalized spacial score (nSPS) is 16.7. The second kappa shape index (κ2) is 12.2. The molecule has 39 heavy (non-hydrogen) atoms. The van der Waals surface area contributed by atoms with E-state index in [-0.39, 0.29) is 17.9 Å². The molecule has 1 saturated heterocycles. The van der Waals surface area contributed by atoms with E-state index in [1.807, 2.05) is 37.3 Å². The standard InChI is InChI=1S/C32H37N3O4/c1-6-34(7-2)26-13-10-24(11-14-26)29-28(31(37)32(38)35(29)19-23-9-8-16-33-18-23)30(36)25-12-15-27(22(5)17-25)39-20-21(3)4/h8-18,21,29,36H,6-7,19-20H2,1-5H3/b30-28-. The van der Waals surface area contributed by atoms with E-state index >= 15 is 0 Å². The number of anilines is 1. The number of benzene rings is 2. The Morgan fingerprint density at radius 2 is 1.79 bits per heavy atom. The van der Waals surface area contributed by atoms with Gasteiger partial charge < -0.3 is 19.6 Å². The van der Waals surface area contributed by atoms with E-state index in [1.54, 1.807) is 36.7 Å². The van der Waals surface area contributed by atoms with Crippen molar-refractivity contribution in [1.82, 2.24) is 9.88 Å². The number of pyridine rings is 1. The number of aromatic nitrogens is 1. The fourth-order valence-electron chi connectivity index (χ4n) is 4.90. The van der Waals surface area contributed by atoms with E-state index in [0.29, 0.717) is 18.1 Å². The first kappa shape index (κ1) is 27.9. The zero-order chi connectivity index (χ0) is 28.1. The van der Waals surface area contributed by atoms with Crippen LogP contribution in [-0.2, 0) is 16.1 Å². The van der Waals surface area contributed by atoms with Gasteiger partial charge in [-0.05, 0) is 79.8 Å². The van der Waals surface area contributed by atoms with Gasteiger partial charge in [0, 0.05) is 43.3 Å². The number of aliphatic hydroxyl groups excluding tert-OH is 1.